The number of nitrogens with two attached hydrogens (primary N) is 1. The minimum atomic E-state index is -0.446. The van der Waals surface area contributed by atoms with Crippen LogP contribution in [0.5, 0.6) is 0 Å². The van der Waals surface area contributed by atoms with E-state index in [2.05, 4.69) is 41.4 Å². The van der Waals surface area contributed by atoms with Gasteiger partial charge in [-0.1, -0.05) is 72.5 Å². The maximum absolute atomic E-state index is 12.2. The molecular weight excluding hydrogens is 400 g/mol. The van der Waals surface area contributed by atoms with Crippen molar-refractivity contribution in [2.45, 2.75) is 12.3 Å². The van der Waals surface area contributed by atoms with E-state index >= 15 is 0 Å². The van der Waals surface area contributed by atoms with Gasteiger partial charge in [-0.15, -0.1) is 0 Å². The molecule has 1 amide bonds. The normalized spacial score (nSPS) is 11.7. The van der Waals surface area contributed by atoms with Crippen molar-refractivity contribution < 1.29 is 14.3 Å². The third-order valence-electron chi connectivity index (χ3n) is 5.49. The molecule has 1 aliphatic rings. The summed E-state index contributed by atoms with van der Waals surface area (Å²) in [7, 11) is 0. The number of ketones is 1. The van der Waals surface area contributed by atoms with Crippen LogP contribution in [0.3, 0.4) is 0 Å². The van der Waals surface area contributed by atoms with Gasteiger partial charge in [0.15, 0.2) is 5.78 Å². The molecule has 0 heterocycles. The van der Waals surface area contributed by atoms with Crippen molar-refractivity contribution >= 4 is 11.9 Å². The van der Waals surface area contributed by atoms with Crippen molar-refractivity contribution in [1.29, 1.82) is 0 Å². The number of amides is 1. The zero-order valence-electron chi connectivity index (χ0n) is 17.6. The maximum atomic E-state index is 12.2. The summed E-state index contributed by atoms with van der Waals surface area (Å²) in [6.07, 6.45) is 0.0477. The molecule has 4 rings (SSSR count). The summed E-state index contributed by atoms with van der Waals surface area (Å²) < 4.78 is 5.51. The first-order valence-electron chi connectivity index (χ1n) is 10.6. The molecule has 5 heteroatoms. The zero-order chi connectivity index (χ0) is 22.3. The van der Waals surface area contributed by atoms with Crippen LogP contribution in [-0.4, -0.2) is 31.6 Å². The highest BCUT2D eigenvalue weighted by atomic mass is 16.5. The predicted molar refractivity (Wildman–Crippen MR) is 124 cm³/mol. The average molecular weight is 425 g/mol. The molecule has 32 heavy (non-hydrogen) atoms. The van der Waals surface area contributed by atoms with E-state index < -0.39 is 6.09 Å². The summed E-state index contributed by atoms with van der Waals surface area (Å²) in [5.41, 5.74) is 11.5. The maximum Gasteiger partial charge on any atom is 0.407 e. The van der Waals surface area contributed by atoms with Crippen LogP contribution in [0, 0.1) is 11.8 Å². The van der Waals surface area contributed by atoms with E-state index in [0.717, 1.165) is 5.56 Å². The highest BCUT2D eigenvalue weighted by molar-refractivity contribution is 5.97. The lowest BCUT2D eigenvalue weighted by atomic mass is 9.98. The summed E-state index contributed by atoms with van der Waals surface area (Å²) in [4.78, 5) is 23.7. The second-order valence-corrected chi connectivity index (χ2v) is 7.51. The zero-order valence-corrected chi connectivity index (χ0v) is 17.6. The summed E-state index contributed by atoms with van der Waals surface area (Å²) in [5, 5.41) is 2.75. The Bertz CT molecular complexity index is 1140. The molecule has 0 aliphatic heterocycles. The minimum absolute atomic E-state index is 0.00738. The Balaban J connectivity index is 1.25. The Kier molecular flexibility index (Phi) is 6.64. The van der Waals surface area contributed by atoms with Crippen molar-refractivity contribution in [2.24, 2.45) is 5.73 Å². The van der Waals surface area contributed by atoms with Gasteiger partial charge in [0.1, 0.15) is 6.61 Å². The van der Waals surface area contributed by atoms with Gasteiger partial charge in [-0.05, 0) is 34.4 Å². The third kappa shape index (κ3) is 4.72. The minimum Gasteiger partial charge on any atom is -0.449 e. The van der Waals surface area contributed by atoms with Gasteiger partial charge in [0.25, 0.3) is 0 Å². The molecule has 0 radical (unpaired) electrons. The monoisotopic (exact) mass is 424 g/mol. The highest BCUT2D eigenvalue weighted by Gasteiger charge is 2.28. The molecule has 0 spiro atoms. The summed E-state index contributed by atoms with van der Waals surface area (Å²) >= 11 is 0. The molecule has 0 bridgehead atoms. The van der Waals surface area contributed by atoms with Crippen LogP contribution in [0.4, 0.5) is 4.79 Å². The fraction of sp³-hybridized carbons (Fsp3) is 0.185. The van der Waals surface area contributed by atoms with E-state index in [0.29, 0.717) is 25.1 Å². The van der Waals surface area contributed by atoms with Gasteiger partial charge in [0.05, 0.1) is 6.54 Å². The molecule has 1 aliphatic carbocycles. The van der Waals surface area contributed by atoms with Gasteiger partial charge < -0.3 is 15.8 Å². The molecule has 3 aromatic carbocycles. The Hall–Kier alpha value is -3.88. The molecule has 0 atom stereocenters. The molecule has 0 aromatic heterocycles. The number of nitrogens with one attached hydrogen (secondary N) is 1. The standard InChI is InChI=1S/C27H24N2O3/c28-17-26(30)20-14-12-19(13-15-20)7-5-6-16-29-27(31)32-18-25-23-10-3-1-8-21(23)22-9-2-4-11-24(22)25/h1-4,8-15,25H,6,16-18,28H2,(H,29,31). The van der Waals surface area contributed by atoms with Crippen LogP contribution in [-0.2, 0) is 4.74 Å². The molecule has 0 fully saturated rings. The first-order valence-corrected chi connectivity index (χ1v) is 10.6. The van der Waals surface area contributed by atoms with Crippen LogP contribution in [0.2, 0.25) is 0 Å². The molecule has 0 unspecified atom stereocenters. The van der Waals surface area contributed by atoms with Crippen LogP contribution < -0.4 is 11.1 Å². The van der Waals surface area contributed by atoms with E-state index in [1.165, 1.54) is 22.3 Å². The molecule has 3 N–H and O–H groups in total. The molecule has 5 nitrogen and oxygen atoms in total. The van der Waals surface area contributed by atoms with E-state index in [1.807, 2.05) is 24.3 Å². The lowest BCUT2D eigenvalue weighted by Gasteiger charge is -2.14. The van der Waals surface area contributed by atoms with Crippen LogP contribution >= 0.6 is 0 Å². The van der Waals surface area contributed by atoms with Crippen molar-refractivity contribution in [3.05, 3.63) is 95.1 Å². The number of rotatable bonds is 6. The summed E-state index contributed by atoms with van der Waals surface area (Å²) in [5.74, 6) is 5.97. The lowest BCUT2D eigenvalue weighted by molar-refractivity contribution is 0.100. The van der Waals surface area contributed by atoms with Gasteiger partial charge in [-0.3, -0.25) is 4.79 Å². The summed E-state index contributed by atoms with van der Waals surface area (Å²) in [6.45, 7) is 0.680. The van der Waals surface area contributed by atoms with Crippen LogP contribution in [0.1, 0.15) is 39.4 Å². The van der Waals surface area contributed by atoms with Crippen molar-refractivity contribution in [2.75, 3.05) is 19.7 Å². The van der Waals surface area contributed by atoms with Crippen LogP contribution in [0.15, 0.2) is 72.8 Å². The lowest BCUT2D eigenvalue weighted by Crippen LogP contribution is -2.26. The first kappa shape index (κ1) is 21.4. The number of alkyl carbamates (subject to hydrolysis) is 1. The Labute approximate surface area is 187 Å². The fourth-order valence-electron chi connectivity index (χ4n) is 3.90. The SMILES string of the molecule is NCC(=O)c1ccc(C#CCCNC(=O)OCC2c3ccccc3-c3ccccc32)cc1. The third-order valence-corrected chi connectivity index (χ3v) is 5.49. The second kappa shape index (κ2) is 9.95. The number of hydrogen-bond acceptors (Lipinski definition) is 4. The largest absolute Gasteiger partial charge is 0.449 e. The molecule has 0 saturated carbocycles. The molecule has 160 valence electrons. The van der Waals surface area contributed by atoms with Crippen molar-refractivity contribution in [1.82, 2.24) is 5.32 Å². The quantitative estimate of drug-likeness (QED) is 0.355. The van der Waals surface area contributed by atoms with Gasteiger partial charge >= 0.3 is 6.09 Å². The van der Waals surface area contributed by atoms with Gasteiger partial charge in [-0.2, -0.15) is 0 Å². The van der Waals surface area contributed by atoms with E-state index in [-0.39, 0.29) is 18.2 Å². The first-order chi connectivity index (χ1) is 15.7. The van der Waals surface area contributed by atoms with Gasteiger partial charge in [0, 0.05) is 30.0 Å². The number of benzene rings is 3. The summed E-state index contributed by atoms with van der Waals surface area (Å²) in [6, 6.07) is 23.5. The molecule has 3 aromatic rings. The van der Waals surface area contributed by atoms with Gasteiger partial charge in [-0.25, -0.2) is 4.79 Å². The predicted octanol–water partition coefficient (Wildman–Crippen LogP) is 4.11. The van der Waals surface area contributed by atoms with Gasteiger partial charge in [0.2, 0.25) is 0 Å². The van der Waals surface area contributed by atoms with Crippen molar-refractivity contribution in [3.8, 4) is 23.0 Å². The topological polar surface area (TPSA) is 81.4 Å². The fourth-order valence-corrected chi connectivity index (χ4v) is 3.90. The van der Waals surface area contributed by atoms with E-state index in [9.17, 15) is 9.59 Å². The number of carbonyl (C=O) groups excluding carboxylic acids is 2. The number of Topliss-reactive ketones (excluding diaryl/α,β-unsaturated/α-hetero) is 1. The van der Waals surface area contributed by atoms with E-state index in [1.54, 1.807) is 24.3 Å². The number of hydrogen-bond donors (Lipinski definition) is 2. The average Bonchev–Trinajstić information content (AvgIpc) is 3.16. The number of carbonyl (C=O) groups is 2. The van der Waals surface area contributed by atoms with E-state index in [4.69, 9.17) is 10.5 Å². The number of fused-ring (bicyclic) bond motifs is 3. The highest BCUT2D eigenvalue weighted by Crippen LogP contribution is 2.44. The molecule has 0 saturated heterocycles. The Morgan fingerprint density at radius 2 is 1.53 bits per heavy atom. The second-order valence-electron chi connectivity index (χ2n) is 7.51. The van der Waals surface area contributed by atoms with Crippen molar-refractivity contribution in [3.63, 3.8) is 0 Å². The molecular formula is C27H24N2O3. The smallest absolute Gasteiger partial charge is 0.407 e. The Morgan fingerprint density at radius 3 is 2.16 bits per heavy atom. The van der Waals surface area contributed by atoms with Crippen LogP contribution in [0.25, 0.3) is 11.1 Å². The Morgan fingerprint density at radius 1 is 0.906 bits per heavy atom. The number of ether oxygens (including phenoxy) is 1.